The zero-order valence-electron chi connectivity index (χ0n) is 8.62. The molecule has 2 N–H and O–H groups in total. The van der Waals surface area contributed by atoms with Crippen molar-refractivity contribution in [2.75, 3.05) is 5.32 Å². The van der Waals surface area contributed by atoms with Gasteiger partial charge in [0, 0.05) is 22.4 Å². The van der Waals surface area contributed by atoms with Crippen molar-refractivity contribution in [3.63, 3.8) is 0 Å². The van der Waals surface area contributed by atoms with E-state index >= 15 is 0 Å². The maximum atomic E-state index is 11.9. The van der Waals surface area contributed by atoms with Gasteiger partial charge in [0.2, 0.25) is 5.95 Å². The highest BCUT2D eigenvalue weighted by Crippen LogP contribution is 2.16. The fourth-order valence-corrected chi connectivity index (χ4v) is 1.71. The number of aromatic amines is 1. The quantitative estimate of drug-likeness (QED) is 0.888. The van der Waals surface area contributed by atoms with Crippen LogP contribution in [0.5, 0.6) is 0 Å². The lowest BCUT2D eigenvalue weighted by atomic mass is 10.1. The fourth-order valence-electron chi connectivity index (χ4n) is 1.35. The van der Waals surface area contributed by atoms with Gasteiger partial charge < -0.3 is 4.98 Å². The Kier molecular flexibility index (Phi) is 3.05. The Hall–Kier alpha value is -1.62. The summed E-state index contributed by atoms with van der Waals surface area (Å²) in [7, 11) is 0. The Morgan fingerprint density at radius 1 is 1.50 bits per heavy atom. The summed E-state index contributed by atoms with van der Waals surface area (Å²) in [6.07, 6.45) is 3.24. The second-order valence-electron chi connectivity index (χ2n) is 3.35. The molecule has 0 aliphatic carbocycles. The van der Waals surface area contributed by atoms with E-state index < -0.39 is 0 Å². The third kappa shape index (κ3) is 2.30. The van der Waals surface area contributed by atoms with E-state index in [4.69, 9.17) is 0 Å². The second kappa shape index (κ2) is 4.49. The van der Waals surface area contributed by atoms with E-state index in [9.17, 15) is 4.79 Å². The van der Waals surface area contributed by atoms with Gasteiger partial charge >= 0.3 is 0 Å². The third-order valence-electron chi connectivity index (χ3n) is 2.17. The molecule has 0 spiro atoms. The molecule has 1 heterocycles. The van der Waals surface area contributed by atoms with Crippen molar-refractivity contribution in [1.29, 1.82) is 0 Å². The molecule has 82 valence electrons. The highest BCUT2D eigenvalue weighted by Gasteiger charge is 2.10. The number of carbonyl (C=O) groups excluding carboxylic acids is 1. The van der Waals surface area contributed by atoms with Crippen molar-refractivity contribution in [3.05, 3.63) is 46.2 Å². The Bertz CT molecular complexity index is 508. The van der Waals surface area contributed by atoms with Crippen molar-refractivity contribution >= 4 is 27.8 Å². The van der Waals surface area contributed by atoms with Crippen LogP contribution in [0.25, 0.3) is 0 Å². The van der Waals surface area contributed by atoms with Crippen LogP contribution in [0.4, 0.5) is 5.95 Å². The summed E-state index contributed by atoms with van der Waals surface area (Å²) < 4.78 is 0.877. The van der Waals surface area contributed by atoms with Crippen molar-refractivity contribution in [3.8, 4) is 0 Å². The van der Waals surface area contributed by atoms with Gasteiger partial charge in [0.05, 0.1) is 0 Å². The molecule has 0 saturated heterocycles. The van der Waals surface area contributed by atoms with Crippen molar-refractivity contribution in [2.24, 2.45) is 0 Å². The topological polar surface area (TPSA) is 57.8 Å². The largest absolute Gasteiger partial charge is 0.331 e. The minimum atomic E-state index is -0.172. The molecule has 0 aliphatic heterocycles. The number of anilines is 1. The van der Waals surface area contributed by atoms with E-state index in [0.717, 1.165) is 10.0 Å². The molecule has 2 aromatic rings. The lowest BCUT2D eigenvalue weighted by Gasteiger charge is -2.05. The molecular weight excluding hydrogens is 270 g/mol. The first kappa shape index (κ1) is 10.9. The highest BCUT2D eigenvalue weighted by molar-refractivity contribution is 9.10. The molecule has 4 nitrogen and oxygen atoms in total. The molecule has 0 unspecified atom stereocenters. The Morgan fingerprint density at radius 2 is 2.31 bits per heavy atom. The molecule has 2 rings (SSSR count). The predicted molar refractivity (Wildman–Crippen MR) is 65.4 cm³/mol. The van der Waals surface area contributed by atoms with Gasteiger partial charge in [0.15, 0.2) is 0 Å². The minimum absolute atomic E-state index is 0.172. The standard InChI is InChI=1S/C11H10BrN3O/c1-7-2-3-8(12)6-9(7)10(16)15-11-13-4-5-14-11/h2-6H,1H3,(H2,13,14,15,16). The summed E-state index contributed by atoms with van der Waals surface area (Å²) in [6.45, 7) is 1.89. The van der Waals surface area contributed by atoms with Gasteiger partial charge in [0.1, 0.15) is 0 Å². The lowest BCUT2D eigenvalue weighted by molar-refractivity contribution is 0.102. The highest BCUT2D eigenvalue weighted by atomic mass is 79.9. The summed E-state index contributed by atoms with van der Waals surface area (Å²) in [5.74, 6) is 0.276. The first-order valence-corrected chi connectivity index (χ1v) is 5.53. The summed E-state index contributed by atoms with van der Waals surface area (Å²) in [5, 5.41) is 2.68. The monoisotopic (exact) mass is 279 g/mol. The molecule has 0 bridgehead atoms. The van der Waals surface area contributed by atoms with Gasteiger partial charge in [0.25, 0.3) is 5.91 Å². The van der Waals surface area contributed by atoms with Crippen LogP contribution in [0.2, 0.25) is 0 Å². The number of benzene rings is 1. The third-order valence-corrected chi connectivity index (χ3v) is 2.67. The average Bonchev–Trinajstić information content (AvgIpc) is 2.74. The summed E-state index contributed by atoms with van der Waals surface area (Å²) in [6, 6.07) is 5.58. The molecule has 1 aromatic heterocycles. The van der Waals surface area contributed by atoms with Crippen molar-refractivity contribution in [1.82, 2.24) is 9.97 Å². The number of nitrogens with one attached hydrogen (secondary N) is 2. The van der Waals surface area contributed by atoms with E-state index in [2.05, 4.69) is 31.2 Å². The zero-order chi connectivity index (χ0) is 11.5. The summed E-state index contributed by atoms with van der Waals surface area (Å²) in [5.41, 5.74) is 1.55. The number of nitrogens with zero attached hydrogens (tertiary/aromatic N) is 1. The first-order valence-electron chi connectivity index (χ1n) is 4.73. The number of hydrogen-bond donors (Lipinski definition) is 2. The molecular formula is C11H10BrN3O. The van der Waals surface area contributed by atoms with Crippen LogP contribution < -0.4 is 5.32 Å². The van der Waals surface area contributed by atoms with Gasteiger partial charge in [-0.25, -0.2) is 4.98 Å². The Morgan fingerprint density at radius 3 is 3.00 bits per heavy atom. The number of aryl methyl sites for hydroxylation is 1. The lowest BCUT2D eigenvalue weighted by Crippen LogP contribution is -2.14. The van der Waals surface area contributed by atoms with Gasteiger partial charge in [-0.2, -0.15) is 0 Å². The number of imidazole rings is 1. The number of carbonyl (C=O) groups is 1. The SMILES string of the molecule is Cc1ccc(Br)cc1C(=O)Nc1ncc[nH]1. The van der Waals surface area contributed by atoms with Gasteiger partial charge in [-0.1, -0.05) is 22.0 Å². The van der Waals surface area contributed by atoms with Crippen LogP contribution in [0.15, 0.2) is 35.1 Å². The van der Waals surface area contributed by atoms with E-state index in [-0.39, 0.29) is 5.91 Å². The Balaban J connectivity index is 2.24. The molecule has 5 heteroatoms. The number of halogens is 1. The van der Waals surface area contributed by atoms with Crippen LogP contribution in [0.3, 0.4) is 0 Å². The predicted octanol–water partition coefficient (Wildman–Crippen LogP) is 2.73. The van der Waals surface area contributed by atoms with Gasteiger partial charge in [-0.15, -0.1) is 0 Å². The molecule has 0 aliphatic rings. The maximum Gasteiger partial charge on any atom is 0.258 e. The van der Waals surface area contributed by atoms with Crippen LogP contribution in [0.1, 0.15) is 15.9 Å². The number of rotatable bonds is 2. The summed E-state index contributed by atoms with van der Waals surface area (Å²) >= 11 is 3.34. The molecule has 1 aromatic carbocycles. The number of H-pyrrole nitrogens is 1. The molecule has 16 heavy (non-hydrogen) atoms. The molecule has 0 radical (unpaired) electrons. The van der Waals surface area contributed by atoms with Crippen molar-refractivity contribution in [2.45, 2.75) is 6.92 Å². The van der Waals surface area contributed by atoms with Crippen molar-refractivity contribution < 1.29 is 4.79 Å². The molecule has 0 atom stereocenters. The van der Waals surface area contributed by atoms with E-state index in [1.54, 1.807) is 18.5 Å². The molecule has 1 amide bonds. The molecule has 0 fully saturated rings. The van der Waals surface area contributed by atoms with Crippen LogP contribution in [0, 0.1) is 6.92 Å². The first-order chi connectivity index (χ1) is 7.66. The summed E-state index contributed by atoms with van der Waals surface area (Å²) in [4.78, 5) is 18.6. The average molecular weight is 280 g/mol. The fraction of sp³-hybridized carbons (Fsp3) is 0.0909. The van der Waals surface area contributed by atoms with Crippen LogP contribution in [-0.2, 0) is 0 Å². The minimum Gasteiger partial charge on any atom is -0.331 e. The van der Waals surface area contributed by atoms with E-state index in [1.807, 2.05) is 19.1 Å². The van der Waals surface area contributed by atoms with E-state index in [1.165, 1.54) is 0 Å². The smallest absolute Gasteiger partial charge is 0.258 e. The normalized spacial score (nSPS) is 10.1. The number of amides is 1. The van der Waals surface area contributed by atoms with Crippen LogP contribution in [-0.4, -0.2) is 15.9 Å². The van der Waals surface area contributed by atoms with Gasteiger partial charge in [-0.3, -0.25) is 10.1 Å². The van der Waals surface area contributed by atoms with E-state index in [0.29, 0.717) is 11.5 Å². The number of hydrogen-bond acceptors (Lipinski definition) is 2. The Labute approximate surface area is 101 Å². The van der Waals surface area contributed by atoms with Gasteiger partial charge in [-0.05, 0) is 24.6 Å². The van der Waals surface area contributed by atoms with Crippen LogP contribution >= 0.6 is 15.9 Å². The zero-order valence-corrected chi connectivity index (χ0v) is 10.2. The second-order valence-corrected chi connectivity index (χ2v) is 4.27. The number of aromatic nitrogens is 2. The maximum absolute atomic E-state index is 11.9. The molecule has 0 saturated carbocycles.